The van der Waals surface area contributed by atoms with Gasteiger partial charge in [0.1, 0.15) is 5.75 Å². The number of benzene rings is 1. The van der Waals surface area contributed by atoms with Crippen LogP contribution in [0.15, 0.2) is 12.1 Å². The summed E-state index contributed by atoms with van der Waals surface area (Å²) in [5.41, 5.74) is 10.1. The van der Waals surface area contributed by atoms with Crippen molar-refractivity contribution in [2.24, 2.45) is 5.73 Å². The highest BCUT2D eigenvalue weighted by molar-refractivity contribution is 5.47. The lowest BCUT2D eigenvalue weighted by molar-refractivity contribution is 0.337. The van der Waals surface area contributed by atoms with Gasteiger partial charge in [0.15, 0.2) is 0 Å². The second-order valence-corrected chi connectivity index (χ2v) is 4.85. The van der Waals surface area contributed by atoms with Crippen LogP contribution in [0, 0.1) is 13.8 Å². The number of ether oxygens (including phenoxy) is 1. The minimum absolute atomic E-state index is 0.277. The molecule has 2 heteroatoms. The Balaban J connectivity index is 2.38. The van der Waals surface area contributed by atoms with E-state index in [2.05, 4.69) is 26.0 Å². The van der Waals surface area contributed by atoms with Gasteiger partial charge in [-0.05, 0) is 56.4 Å². The van der Waals surface area contributed by atoms with E-state index in [0.717, 1.165) is 18.9 Å². The molecule has 0 aromatic heterocycles. The predicted molar refractivity (Wildman–Crippen MR) is 67.1 cm³/mol. The summed E-state index contributed by atoms with van der Waals surface area (Å²) in [4.78, 5) is 0. The normalized spacial score (nSPS) is 17.2. The summed E-state index contributed by atoms with van der Waals surface area (Å²) in [6.45, 7) is 7.78. The standard InChI is InChI=1S/C14H21NO/c1-4-16-13-8-10(2)12(7-11(13)3)14(9-15)5-6-14/h7-8H,4-6,9,15H2,1-3H3. The molecular formula is C14H21NO. The average molecular weight is 219 g/mol. The molecule has 2 N–H and O–H groups in total. The summed E-state index contributed by atoms with van der Waals surface area (Å²) in [5.74, 6) is 1.01. The van der Waals surface area contributed by atoms with Gasteiger partial charge in [-0.1, -0.05) is 6.07 Å². The van der Waals surface area contributed by atoms with Gasteiger partial charge in [0, 0.05) is 12.0 Å². The molecule has 16 heavy (non-hydrogen) atoms. The van der Waals surface area contributed by atoms with Crippen LogP contribution in [-0.4, -0.2) is 13.2 Å². The molecule has 0 spiro atoms. The van der Waals surface area contributed by atoms with Crippen LogP contribution in [0.5, 0.6) is 5.75 Å². The van der Waals surface area contributed by atoms with Crippen LogP contribution < -0.4 is 10.5 Å². The first-order chi connectivity index (χ1) is 7.63. The lowest BCUT2D eigenvalue weighted by atomic mass is 9.90. The van der Waals surface area contributed by atoms with Gasteiger partial charge in [-0.25, -0.2) is 0 Å². The third-order valence-corrected chi connectivity index (χ3v) is 3.64. The van der Waals surface area contributed by atoms with Crippen molar-refractivity contribution in [1.29, 1.82) is 0 Å². The van der Waals surface area contributed by atoms with Crippen LogP contribution >= 0.6 is 0 Å². The molecular weight excluding hydrogens is 198 g/mol. The number of aryl methyl sites for hydroxylation is 2. The van der Waals surface area contributed by atoms with Crippen molar-refractivity contribution < 1.29 is 4.74 Å². The Labute approximate surface area is 97.8 Å². The van der Waals surface area contributed by atoms with Gasteiger partial charge in [0.2, 0.25) is 0 Å². The van der Waals surface area contributed by atoms with Crippen molar-refractivity contribution in [3.05, 3.63) is 28.8 Å². The van der Waals surface area contributed by atoms with E-state index in [0.29, 0.717) is 0 Å². The fraction of sp³-hybridized carbons (Fsp3) is 0.571. The Morgan fingerprint density at radius 3 is 2.44 bits per heavy atom. The summed E-state index contributed by atoms with van der Waals surface area (Å²) < 4.78 is 5.61. The first kappa shape index (κ1) is 11.5. The fourth-order valence-electron chi connectivity index (χ4n) is 2.41. The van der Waals surface area contributed by atoms with E-state index in [4.69, 9.17) is 10.5 Å². The Morgan fingerprint density at radius 1 is 1.25 bits per heavy atom. The smallest absolute Gasteiger partial charge is 0.122 e. The fourth-order valence-corrected chi connectivity index (χ4v) is 2.41. The van der Waals surface area contributed by atoms with Crippen molar-refractivity contribution in [1.82, 2.24) is 0 Å². The number of rotatable bonds is 4. The first-order valence-electron chi connectivity index (χ1n) is 6.07. The van der Waals surface area contributed by atoms with Crippen molar-refractivity contribution in [2.45, 2.75) is 39.0 Å². The monoisotopic (exact) mass is 219 g/mol. The Kier molecular flexibility index (Phi) is 2.94. The summed E-state index contributed by atoms with van der Waals surface area (Å²) in [7, 11) is 0. The zero-order valence-electron chi connectivity index (χ0n) is 10.5. The Bertz CT molecular complexity index is 394. The van der Waals surface area contributed by atoms with E-state index < -0.39 is 0 Å². The molecule has 1 aromatic carbocycles. The first-order valence-corrected chi connectivity index (χ1v) is 6.07. The molecule has 2 rings (SSSR count). The largest absolute Gasteiger partial charge is 0.494 e. The van der Waals surface area contributed by atoms with Gasteiger partial charge in [0.05, 0.1) is 6.61 Å². The second kappa shape index (κ2) is 4.10. The lowest BCUT2D eigenvalue weighted by Gasteiger charge is -2.18. The molecule has 1 aliphatic rings. The highest BCUT2D eigenvalue weighted by atomic mass is 16.5. The van der Waals surface area contributed by atoms with Crippen LogP contribution in [0.1, 0.15) is 36.5 Å². The van der Waals surface area contributed by atoms with Crippen molar-refractivity contribution in [3.8, 4) is 5.75 Å². The summed E-state index contributed by atoms with van der Waals surface area (Å²) >= 11 is 0. The quantitative estimate of drug-likeness (QED) is 0.845. The molecule has 2 nitrogen and oxygen atoms in total. The third-order valence-electron chi connectivity index (χ3n) is 3.64. The minimum Gasteiger partial charge on any atom is -0.494 e. The molecule has 0 amide bonds. The van der Waals surface area contributed by atoms with Gasteiger partial charge < -0.3 is 10.5 Å². The van der Waals surface area contributed by atoms with Crippen LogP contribution in [0.4, 0.5) is 0 Å². The number of hydrogen-bond acceptors (Lipinski definition) is 2. The molecule has 0 unspecified atom stereocenters. The topological polar surface area (TPSA) is 35.2 Å². The summed E-state index contributed by atoms with van der Waals surface area (Å²) in [5, 5.41) is 0. The molecule has 1 fully saturated rings. The third kappa shape index (κ3) is 1.82. The maximum Gasteiger partial charge on any atom is 0.122 e. The molecule has 88 valence electrons. The maximum absolute atomic E-state index is 5.89. The predicted octanol–water partition coefficient (Wildman–Crippen LogP) is 2.69. The lowest BCUT2D eigenvalue weighted by Crippen LogP contribution is -2.21. The summed E-state index contributed by atoms with van der Waals surface area (Å²) in [6, 6.07) is 4.42. The molecule has 1 aromatic rings. The molecule has 0 radical (unpaired) electrons. The number of hydrogen-bond donors (Lipinski definition) is 1. The van der Waals surface area contributed by atoms with E-state index in [-0.39, 0.29) is 5.41 Å². The SMILES string of the molecule is CCOc1cc(C)c(C2(CN)CC2)cc1C. The average Bonchev–Trinajstić information content (AvgIpc) is 3.04. The van der Waals surface area contributed by atoms with E-state index in [1.54, 1.807) is 0 Å². The molecule has 0 bridgehead atoms. The van der Waals surface area contributed by atoms with Gasteiger partial charge >= 0.3 is 0 Å². The van der Waals surface area contributed by atoms with Crippen molar-refractivity contribution in [3.63, 3.8) is 0 Å². The summed E-state index contributed by atoms with van der Waals surface area (Å²) in [6.07, 6.45) is 2.47. The highest BCUT2D eigenvalue weighted by Gasteiger charge is 2.43. The zero-order valence-corrected chi connectivity index (χ0v) is 10.5. The minimum atomic E-state index is 0.277. The molecule has 1 aliphatic carbocycles. The van der Waals surface area contributed by atoms with Gasteiger partial charge in [0.25, 0.3) is 0 Å². The van der Waals surface area contributed by atoms with Gasteiger partial charge in [-0.3, -0.25) is 0 Å². The molecule has 0 aliphatic heterocycles. The highest BCUT2D eigenvalue weighted by Crippen LogP contribution is 2.49. The van der Waals surface area contributed by atoms with E-state index in [9.17, 15) is 0 Å². The molecule has 0 heterocycles. The molecule has 0 atom stereocenters. The van der Waals surface area contributed by atoms with Crippen molar-refractivity contribution in [2.75, 3.05) is 13.2 Å². The maximum atomic E-state index is 5.89. The van der Waals surface area contributed by atoms with E-state index in [1.165, 1.54) is 29.5 Å². The van der Waals surface area contributed by atoms with Gasteiger partial charge in [-0.2, -0.15) is 0 Å². The van der Waals surface area contributed by atoms with Crippen LogP contribution in [0.3, 0.4) is 0 Å². The van der Waals surface area contributed by atoms with Crippen molar-refractivity contribution >= 4 is 0 Å². The van der Waals surface area contributed by atoms with Crippen LogP contribution in [0.25, 0.3) is 0 Å². The van der Waals surface area contributed by atoms with Gasteiger partial charge in [-0.15, -0.1) is 0 Å². The Hall–Kier alpha value is -1.02. The van der Waals surface area contributed by atoms with Crippen LogP contribution in [-0.2, 0) is 5.41 Å². The van der Waals surface area contributed by atoms with E-state index >= 15 is 0 Å². The zero-order chi connectivity index (χ0) is 11.8. The molecule has 0 saturated heterocycles. The number of nitrogens with two attached hydrogens (primary N) is 1. The van der Waals surface area contributed by atoms with E-state index in [1.807, 2.05) is 6.92 Å². The second-order valence-electron chi connectivity index (χ2n) is 4.85. The molecule has 1 saturated carbocycles. The van der Waals surface area contributed by atoms with Crippen LogP contribution in [0.2, 0.25) is 0 Å². The Morgan fingerprint density at radius 2 is 1.94 bits per heavy atom.